The third-order valence-electron chi connectivity index (χ3n) is 7.36. The van der Waals surface area contributed by atoms with Crippen molar-refractivity contribution in [3.8, 4) is 5.75 Å². The molecule has 4 aromatic rings. The second-order valence-electron chi connectivity index (χ2n) is 10.8. The van der Waals surface area contributed by atoms with Crippen molar-refractivity contribution in [3.05, 3.63) is 82.8 Å². The number of amides is 3. The van der Waals surface area contributed by atoms with Gasteiger partial charge in [0.15, 0.2) is 5.82 Å². The van der Waals surface area contributed by atoms with Crippen molar-refractivity contribution in [3.63, 3.8) is 0 Å². The fraction of sp³-hybridized carbons (Fsp3) is 0.312. The average Bonchev–Trinajstić information content (AvgIpc) is 3.79. The Kier molecular flexibility index (Phi) is 9.26. The Morgan fingerprint density at radius 2 is 1.82 bits per heavy atom. The van der Waals surface area contributed by atoms with E-state index in [0.717, 1.165) is 16.9 Å². The topological polar surface area (TPSA) is 164 Å². The number of aromatic hydroxyl groups is 1. The van der Waals surface area contributed by atoms with E-state index in [1.807, 2.05) is 19.9 Å². The standard InChI is InChI=1S/C32H34N6O7/c1-4-13-33-30(41)22-8-5-19(2)26(15-22)36-29-28-20(3)25(16-37(28)35-17-34-29)31(42)38(23-9-10-23)32(43)45-18-44-27(40)14-21-6-11-24(39)12-7-21/h5-8,11-12,15-17,23,39H,4,9-10,13-14,18H2,1-3H3,(H,33,41)(H,34,35,36). The summed E-state index contributed by atoms with van der Waals surface area (Å²) in [5.41, 5.74) is 3.95. The van der Waals surface area contributed by atoms with Crippen molar-refractivity contribution in [2.75, 3.05) is 18.7 Å². The minimum absolute atomic E-state index is 0.0743. The first-order chi connectivity index (χ1) is 21.7. The average molecular weight is 615 g/mol. The van der Waals surface area contributed by atoms with Crippen LogP contribution in [0.4, 0.5) is 16.3 Å². The minimum atomic E-state index is -0.923. The Bertz CT molecular complexity index is 1750. The van der Waals surface area contributed by atoms with Gasteiger partial charge < -0.3 is 25.2 Å². The first-order valence-corrected chi connectivity index (χ1v) is 14.6. The number of carbonyl (C=O) groups is 4. The highest BCUT2D eigenvalue weighted by Crippen LogP contribution is 2.32. The number of hydrogen-bond acceptors (Lipinski definition) is 10. The van der Waals surface area contributed by atoms with E-state index in [2.05, 4.69) is 20.7 Å². The number of esters is 1. The first kappa shape index (κ1) is 31.0. The lowest BCUT2D eigenvalue weighted by atomic mass is 10.1. The molecule has 0 saturated heterocycles. The van der Waals surface area contributed by atoms with E-state index in [-0.39, 0.29) is 29.7 Å². The van der Waals surface area contributed by atoms with Crippen LogP contribution < -0.4 is 10.6 Å². The van der Waals surface area contributed by atoms with Gasteiger partial charge in [-0.15, -0.1) is 0 Å². The number of imide groups is 1. The predicted molar refractivity (Wildman–Crippen MR) is 163 cm³/mol. The third kappa shape index (κ3) is 7.20. The van der Waals surface area contributed by atoms with Crippen LogP contribution in [0.2, 0.25) is 0 Å². The summed E-state index contributed by atoms with van der Waals surface area (Å²) < 4.78 is 11.7. The number of hydrogen-bond donors (Lipinski definition) is 3. The van der Waals surface area contributed by atoms with E-state index in [1.165, 1.54) is 29.2 Å². The summed E-state index contributed by atoms with van der Waals surface area (Å²) >= 11 is 0. The van der Waals surface area contributed by atoms with Crippen LogP contribution in [0.25, 0.3) is 5.52 Å². The van der Waals surface area contributed by atoms with Crippen LogP contribution in [-0.2, 0) is 20.7 Å². The Morgan fingerprint density at radius 1 is 1.07 bits per heavy atom. The van der Waals surface area contributed by atoms with Gasteiger partial charge in [0.25, 0.3) is 11.8 Å². The smallest absolute Gasteiger partial charge is 0.419 e. The Labute approximate surface area is 259 Å². The fourth-order valence-corrected chi connectivity index (χ4v) is 4.74. The third-order valence-corrected chi connectivity index (χ3v) is 7.36. The number of phenols is 1. The quantitative estimate of drug-likeness (QED) is 0.163. The van der Waals surface area contributed by atoms with Crippen LogP contribution in [0.15, 0.2) is 55.0 Å². The molecule has 234 valence electrons. The second-order valence-corrected chi connectivity index (χ2v) is 10.8. The normalized spacial score (nSPS) is 12.4. The molecular formula is C32H34N6O7. The number of rotatable bonds is 11. The van der Waals surface area contributed by atoms with Gasteiger partial charge in [-0.3, -0.25) is 14.4 Å². The molecular weight excluding hydrogens is 580 g/mol. The summed E-state index contributed by atoms with van der Waals surface area (Å²) in [5.74, 6) is -0.897. The van der Waals surface area contributed by atoms with Gasteiger partial charge in [0, 0.05) is 30.0 Å². The minimum Gasteiger partial charge on any atom is -0.508 e. The summed E-state index contributed by atoms with van der Waals surface area (Å²) in [6.07, 6.45) is 3.95. The van der Waals surface area contributed by atoms with Crippen molar-refractivity contribution in [1.29, 1.82) is 0 Å². The van der Waals surface area contributed by atoms with Gasteiger partial charge in [-0.05, 0) is 74.1 Å². The summed E-state index contributed by atoms with van der Waals surface area (Å²) in [5, 5.41) is 19.8. The number of phenolic OH excluding ortho intramolecular Hbond substituents is 1. The number of anilines is 2. The zero-order valence-electron chi connectivity index (χ0n) is 25.2. The molecule has 1 aliphatic carbocycles. The van der Waals surface area contributed by atoms with Crippen LogP contribution >= 0.6 is 0 Å². The number of aromatic nitrogens is 3. The van der Waals surface area contributed by atoms with Gasteiger partial charge in [0.05, 0.1) is 12.0 Å². The highest BCUT2D eigenvalue weighted by Gasteiger charge is 2.40. The van der Waals surface area contributed by atoms with E-state index >= 15 is 0 Å². The monoisotopic (exact) mass is 614 g/mol. The highest BCUT2D eigenvalue weighted by atomic mass is 16.7. The van der Waals surface area contributed by atoms with Gasteiger partial charge in [0.2, 0.25) is 6.79 Å². The van der Waals surface area contributed by atoms with Gasteiger partial charge in [-0.25, -0.2) is 19.2 Å². The number of ether oxygens (including phenoxy) is 2. The van der Waals surface area contributed by atoms with E-state index in [1.54, 1.807) is 31.2 Å². The zero-order valence-corrected chi connectivity index (χ0v) is 25.2. The molecule has 2 aromatic carbocycles. The van der Waals surface area contributed by atoms with Gasteiger partial charge in [-0.2, -0.15) is 5.10 Å². The number of carbonyl (C=O) groups excluding carboxylic acids is 4. The maximum absolute atomic E-state index is 13.7. The molecule has 0 spiro atoms. The summed E-state index contributed by atoms with van der Waals surface area (Å²) in [4.78, 5) is 56.9. The van der Waals surface area contributed by atoms with Crippen LogP contribution in [0.3, 0.4) is 0 Å². The maximum atomic E-state index is 13.7. The number of nitrogens with zero attached hydrogens (tertiary/aromatic N) is 4. The molecule has 0 bridgehead atoms. The number of aryl methyl sites for hydroxylation is 2. The SMILES string of the molecule is CCCNC(=O)c1ccc(C)c(Nc2ncnn3cc(C(=O)N(C(=O)OCOC(=O)Cc4ccc(O)cc4)C4CC4)c(C)c23)c1. The molecule has 1 aliphatic rings. The van der Waals surface area contributed by atoms with E-state index in [0.29, 0.717) is 53.1 Å². The molecule has 0 radical (unpaired) electrons. The molecule has 5 rings (SSSR count). The van der Waals surface area contributed by atoms with Crippen LogP contribution in [0.5, 0.6) is 5.75 Å². The zero-order chi connectivity index (χ0) is 32.1. The Hall–Kier alpha value is -5.46. The van der Waals surface area contributed by atoms with Crippen molar-refractivity contribution in [2.24, 2.45) is 0 Å². The van der Waals surface area contributed by atoms with Gasteiger partial charge >= 0.3 is 12.1 Å². The lowest BCUT2D eigenvalue weighted by molar-refractivity contribution is -0.151. The predicted octanol–water partition coefficient (Wildman–Crippen LogP) is 4.42. The number of fused-ring (bicyclic) bond motifs is 1. The number of nitrogens with one attached hydrogen (secondary N) is 2. The van der Waals surface area contributed by atoms with Crippen molar-refractivity contribution >= 4 is 40.9 Å². The Balaban J connectivity index is 1.30. The van der Waals surface area contributed by atoms with Gasteiger partial charge in [0.1, 0.15) is 17.6 Å². The van der Waals surface area contributed by atoms with E-state index in [4.69, 9.17) is 9.47 Å². The molecule has 0 unspecified atom stereocenters. The molecule has 1 fully saturated rings. The molecule has 2 aromatic heterocycles. The van der Waals surface area contributed by atoms with E-state index in [9.17, 15) is 24.3 Å². The molecule has 1 saturated carbocycles. The molecule has 3 amide bonds. The van der Waals surface area contributed by atoms with Crippen LogP contribution in [0.1, 0.15) is 63.6 Å². The second kappa shape index (κ2) is 13.5. The largest absolute Gasteiger partial charge is 0.508 e. The summed E-state index contributed by atoms with van der Waals surface area (Å²) in [6.45, 7) is 5.53. The molecule has 2 heterocycles. The van der Waals surface area contributed by atoms with E-state index < -0.39 is 24.8 Å². The first-order valence-electron chi connectivity index (χ1n) is 14.6. The van der Waals surface area contributed by atoms with Crippen molar-refractivity contribution in [1.82, 2.24) is 24.8 Å². The number of benzene rings is 2. The summed E-state index contributed by atoms with van der Waals surface area (Å²) in [7, 11) is 0. The molecule has 0 aliphatic heterocycles. The summed E-state index contributed by atoms with van der Waals surface area (Å²) in [6, 6.07) is 11.1. The van der Waals surface area contributed by atoms with Crippen molar-refractivity contribution in [2.45, 2.75) is 52.5 Å². The van der Waals surface area contributed by atoms with Crippen molar-refractivity contribution < 1.29 is 33.8 Å². The van der Waals surface area contributed by atoms with Crippen LogP contribution in [0, 0.1) is 13.8 Å². The lowest BCUT2D eigenvalue weighted by Gasteiger charge is -2.19. The molecule has 0 atom stereocenters. The maximum Gasteiger partial charge on any atom is 0.419 e. The van der Waals surface area contributed by atoms with Crippen LogP contribution in [-0.4, -0.2) is 67.9 Å². The molecule has 45 heavy (non-hydrogen) atoms. The fourth-order valence-electron chi connectivity index (χ4n) is 4.74. The molecule has 13 heteroatoms. The Morgan fingerprint density at radius 3 is 2.53 bits per heavy atom. The van der Waals surface area contributed by atoms with Gasteiger partial charge in [-0.1, -0.05) is 25.1 Å². The lowest BCUT2D eigenvalue weighted by Crippen LogP contribution is -2.39. The molecule has 13 nitrogen and oxygen atoms in total. The molecule has 3 N–H and O–H groups in total. The highest BCUT2D eigenvalue weighted by molar-refractivity contribution is 6.06.